The van der Waals surface area contributed by atoms with E-state index in [1.807, 2.05) is 30.3 Å². The Morgan fingerprint density at radius 1 is 1.32 bits per heavy atom. The Kier molecular flexibility index (Phi) is 4.59. The maximum atomic E-state index is 12.2. The number of hydrogen-bond acceptors (Lipinski definition) is 3. The van der Waals surface area contributed by atoms with Crippen LogP contribution in [0.2, 0.25) is 0 Å². The molecular formula is C16H23NO2. The molecule has 1 aromatic carbocycles. The van der Waals surface area contributed by atoms with Gasteiger partial charge in [-0.05, 0) is 30.2 Å². The van der Waals surface area contributed by atoms with E-state index in [0.29, 0.717) is 18.4 Å². The SMILES string of the molecule is CC(C)C1CC(N)C[C@H]1C(=O)OCc1ccccc1. The second-order valence-corrected chi connectivity index (χ2v) is 5.84. The quantitative estimate of drug-likeness (QED) is 0.848. The molecule has 1 fully saturated rings. The minimum Gasteiger partial charge on any atom is -0.461 e. The van der Waals surface area contributed by atoms with Crippen molar-refractivity contribution in [2.24, 2.45) is 23.5 Å². The first-order valence-corrected chi connectivity index (χ1v) is 7.04. The van der Waals surface area contributed by atoms with Gasteiger partial charge in [0.2, 0.25) is 0 Å². The summed E-state index contributed by atoms with van der Waals surface area (Å²) in [6, 6.07) is 9.93. The third-order valence-corrected chi connectivity index (χ3v) is 4.03. The summed E-state index contributed by atoms with van der Waals surface area (Å²) in [5, 5.41) is 0. The standard InChI is InChI=1S/C16H23NO2/c1-11(2)14-8-13(17)9-15(14)16(18)19-10-12-6-4-3-5-7-12/h3-7,11,13-15H,8-10,17H2,1-2H3/t13?,14?,15-/m1/s1. The van der Waals surface area contributed by atoms with Crippen molar-refractivity contribution >= 4 is 5.97 Å². The van der Waals surface area contributed by atoms with Crippen molar-refractivity contribution < 1.29 is 9.53 Å². The highest BCUT2D eigenvalue weighted by atomic mass is 16.5. The first-order valence-electron chi connectivity index (χ1n) is 7.04. The molecule has 104 valence electrons. The molecule has 3 nitrogen and oxygen atoms in total. The molecule has 2 N–H and O–H groups in total. The van der Waals surface area contributed by atoms with Gasteiger partial charge < -0.3 is 10.5 Å². The molecule has 0 aliphatic heterocycles. The lowest BCUT2D eigenvalue weighted by Gasteiger charge is -2.21. The lowest BCUT2D eigenvalue weighted by Crippen LogP contribution is -2.24. The molecule has 1 aromatic rings. The molecule has 19 heavy (non-hydrogen) atoms. The molecule has 0 bridgehead atoms. The van der Waals surface area contributed by atoms with Crippen LogP contribution in [0.3, 0.4) is 0 Å². The van der Waals surface area contributed by atoms with Gasteiger partial charge in [0.15, 0.2) is 0 Å². The normalized spacial score (nSPS) is 26.6. The molecule has 0 aromatic heterocycles. The van der Waals surface area contributed by atoms with E-state index in [9.17, 15) is 4.79 Å². The van der Waals surface area contributed by atoms with Crippen LogP contribution in [0.5, 0.6) is 0 Å². The highest BCUT2D eigenvalue weighted by Crippen LogP contribution is 2.37. The van der Waals surface area contributed by atoms with Crippen molar-refractivity contribution in [2.45, 2.75) is 39.3 Å². The molecule has 2 rings (SSSR count). The summed E-state index contributed by atoms with van der Waals surface area (Å²) in [7, 11) is 0. The average molecular weight is 261 g/mol. The Balaban J connectivity index is 1.92. The maximum absolute atomic E-state index is 12.2. The summed E-state index contributed by atoms with van der Waals surface area (Å²) in [4.78, 5) is 12.2. The van der Waals surface area contributed by atoms with Crippen molar-refractivity contribution in [2.75, 3.05) is 0 Å². The minimum atomic E-state index is -0.0875. The Labute approximate surface area is 115 Å². The molecule has 0 heterocycles. The lowest BCUT2D eigenvalue weighted by molar-refractivity contribution is -0.151. The number of ether oxygens (including phenoxy) is 1. The van der Waals surface area contributed by atoms with Crippen molar-refractivity contribution in [3.8, 4) is 0 Å². The van der Waals surface area contributed by atoms with Gasteiger partial charge in [-0.15, -0.1) is 0 Å². The largest absolute Gasteiger partial charge is 0.461 e. The predicted molar refractivity (Wildman–Crippen MR) is 75.3 cm³/mol. The van der Waals surface area contributed by atoms with Crippen molar-refractivity contribution in [3.05, 3.63) is 35.9 Å². The van der Waals surface area contributed by atoms with Crippen LogP contribution in [0.15, 0.2) is 30.3 Å². The van der Waals surface area contributed by atoms with Crippen molar-refractivity contribution in [1.29, 1.82) is 0 Å². The van der Waals surface area contributed by atoms with Gasteiger partial charge in [0.05, 0.1) is 5.92 Å². The summed E-state index contributed by atoms with van der Waals surface area (Å²) < 4.78 is 5.45. The fourth-order valence-corrected chi connectivity index (χ4v) is 2.95. The molecule has 1 aliphatic carbocycles. The maximum Gasteiger partial charge on any atom is 0.309 e. The monoisotopic (exact) mass is 261 g/mol. The zero-order valence-electron chi connectivity index (χ0n) is 11.7. The Hall–Kier alpha value is -1.35. The van der Waals surface area contributed by atoms with Crippen LogP contribution in [0.1, 0.15) is 32.3 Å². The molecule has 0 amide bonds. The number of carbonyl (C=O) groups excluding carboxylic acids is 1. The number of hydrogen-bond donors (Lipinski definition) is 1. The Morgan fingerprint density at radius 3 is 2.63 bits per heavy atom. The number of carbonyl (C=O) groups is 1. The summed E-state index contributed by atoms with van der Waals surface area (Å²) in [5.41, 5.74) is 7.02. The third kappa shape index (κ3) is 3.57. The predicted octanol–water partition coefficient (Wildman–Crippen LogP) is 2.74. The summed E-state index contributed by atoms with van der Waals surface area (Å²) in [5.74, 6) is 0.718. The van der Waals surface area contributed by atoms with Gasteiger partial charge in [-0.1, -0.05) is 44.2 Å². The molecule has 2 unspecified atom stereocenters. The van der Waals surface area contributed by atoms with Crippen LogP contribution in [0.4, 0.5) is 0 Å². The van der Waals surface area contributed by atoms with Gasteiger partial charge in [0, 0.05) is 6.04 Å². The molecule has 3 heteroatoms. The van der Waals surface area contributed by atoms with E-state index >= 15 is 0 Å². The Bertz CT molecular complexity index is 416. The minimum absolute atomic E-state index is 0.0290. The van der Waals surface area contributed by atoms with E-state index in [4.69, 9.17) is 10.5 Å². The van der Waals surface area contributed by atoms with Crippen LogP contribution in [-0.4, -0.2) is 12.0 Å². The third-order valence-electron chi connectivity index (χ3n) is 4.03. The molecular weight excluding hydrogens is 238 g/mol. The van der Waals surface area contributed by atoms with Crippen LogP contribution >= 0.6 is 0 Å². The zero-order chi connectivity index (χ0) is 13.8. The molecule has 0 spiro atoms. The summed E-state index contributed by atoms with van der Waals surface area (Å²) >= 11 is 0. The highest BCUT2D eigenvalue weighted by Gasteiger charge is 2.39. The first kappa shape index (κ1) is 14.1. The lowest BCUT2D eigenvalue weighted by atomic mass is 9.86. The van der Waals surface area contributed by atoms with E-state index in [1.165, 1.54) is 0 Å². The fourth-order valence-electron chi connectivity index (χ4n) is 2.95. The van der Waals surface area contributed by atoms with E-state index in [0.717, 1.165) is 18.4 Å². The van der Waals surface area contributed by atoms with Crippen LogP contribution < -0.4 is 5.73 Å². The van der Waals surface area contributed by atoms with Gasteiger partial charge in [-0.3, -0.25) is 4.79 Å². The van der Waals surface area contributed by atoms with Gasteiger partial charge in [-0.2, -0.15) is 0 Å². The van der Waals surface area contributed by atoms with Crippen LogP contribution in [0, 0.1) is 17.8 Å². The molecule has 0 radical (unpaired) electrons. The van der Waals surface area contributed by atoms with Crippen LogP contribution in [0.25, 0.3) is 0 Å². The van der Waals surface area contributed by atoms with Gasteiger partial charge in [0.1, 0.15) is 6.61 Å². The zero-order valence-corrected chi connectivity index (χ0v) is 11.7. The van der Waals surface area contributed by atoms with E-state index < -0.39 is 0 Å². The highest BCUT2D eigenvalue weighted by molar-refractivity contribution is 5.73. The second kappa shape index (κ2) is 6.20. The van der Waals surface area contributed by atoms with Gasteiger partial charge >= 0.3 is 5.97 Å². The van der Waals surface area contributed by atoms with Crippen molar-refractivity contribution in [1.82, 2.24) is 0 Å². The fraction of sp³-hybridized carbons (Fsp3) is 0.562. The van der Waals surface area contributed by atoms with E-state index in [-0.39, 0.29) is 17.9 Å². The molecule has 0 saturated heterocycles. The first-order chi connectivity index (χ1) is 9.08. The summed E-state index contributed by atoms with van der Waals surface area (Å²) in [6.07, 6.45) is 1.69. The number of rotatable bonds is 4. The van der Waals surface area contributed by atoms with Crippen LogP contribution in [-0.2, 0) is 16.1 Å². The number of esters is 1. The molecule has 1 aliphatic rings. The van der Waals surface area contributed by atoms with E-state index in [2.05, 4.69) is 13.8 Å². The van der Waals surface area contributed by atoms with Gasteiger partial charge in [0.25, 0.3) is 0 Å². The van der Waals surface area contributed by atoms with E-state index in [1.54, 1.807) is 0 Å². The van der Waals surface area contributed by atoms with Crippen molar-refractivity contribution in [3.63, 3.8) is 0 Å². The molecule has 1 saturated carbocycles. The topological polar surface area (TPSA) is 52.3 Å². The number of benzene rings is 1. The second-order valence-electron chi connectivity index (χ2n) is 5.84. The summed E-state index contributed by atoms with van der Waals surface area (Å²) in [6.45, 7) is 4.66. The Morgan fingerprint density at radius 2 is 2.00 bits per heavy atom. The van der Waals surface area contributed by atoms with Gasteiger partial charge in [-0.25, -0.2) is 0 Å². The smallest absolute Gasteiger partial charge is 0.309 e. The average Bonchev–Trinajstić information content (AvgIpc) is 2.79. The molecule has 3 atom stereocenters. The number of nitrogens with two attached hydrogens (primary N) is 1.